The van der Waals surface area contributed by atoms with Crippen molar-refractivity contribution in [1.82, 2.24) is 0 Å². The topological polar surface area (TPSA) is 20.2 Å². The summed E-state index contributed by atoms with van der Waals surface area (Å²) in [6.45, 7) is 2.26. The van der Waals surface area contributed by atoms with E-state index in [1.54, 1.807) is 0 Å². The van der Waals surface area contributed by atoms with Gasteiger partial charge in [-0.05, 0) is 18.6 Å². The van der Waals surface area contributed by atoms with E-state index < -0.39 is 6.10 Å². The molecule has 24 heavy (non-hydrogen) atoms. The van der Waals surface area contributed by atoms with Crippen LogP contribution in [0, 0.1) is 23.7 Å². The van der Waals surface area contributed by atoms with Gasteiger partial charge >= 0.3 is 0 Å². The highest BCUT2D eigenvalue weighted by Crippen LogP contribution is 2.09. The smallest absolute Gasteiger partial charge is 0.0758 e. The molecule has 0 radical (unpaired) electrons. The lowest BCUT2D eigenvalue weighted by atomic mass is 10.1. The molecule has 1 N–H and O–H groups in total. The van der Waals surface area contributed by atoms with Crippen molar-refractivity contribution < 1.29 is 5.11 Å². The minimum atomic E-state index is -0.438. The Labute approximate surface area is 148 Å². The van der Waals surface area contributed by atoms with Crippen LogP contribution in [0.2, 0.25) is 0 Å². The van der Waals surface area contributed by atoms with E-state index in [-0.39, 0.29) is 0 Å². The second kappa shape index (κ2) is 14.9. The summed E-state index contributed by atoms with van der Waals surface area (Å²) in [6.07, 6.45) is 12.2. The van der Waals surface area contributed by atoms with Crippen LogP contribution in [0.3, 0.4) is 0 Å². The van der Waals surface area contributed by atoms with Gasteiger partial charge in [0.05, 0.1) is 6.10 Å². The number of rotatable bonds is 10. The Morgan fingerprint density at radius 3 is 2.12 bits per heavy atom. The predicted molar refractivity (Wildman–Crippen MR) is 104 cm³/mol. The van der Waals surface area contributed by atoms with Crippen molar-refractivity contribution in [3.05, 3.63) is 35.9 Å². The summed E-state index contributed by atoms with van der Waals surface area (Å²) in [4.78, 5) is 0. The Morgan fingerprint density at radius 1 is 0.792 bits per heavy atom. The maximum Gasteiger partial charge on any atom is 0.0758 e. The van der Waals surface area contributed by atoms with Gasteiger partial charge in [-0.25, -0.2) is 0 Å². The Kier molecular flexibility index (Phi) is 12.6. The molecule has 1 heteroatoms. The number of hydrogen-bond donors (Lipinski definition) is 1. The molecular formula is C23H32O. The number of unbranched alkanes of at least 4 members (excludes halogenated alkanes) is 8. The molecular weight excluding hydrogens is 292 g/mol. The molecule has 1 aromatic carbocycles. The summed E-state index contributed by atoms with van der Waals surface area (Å²) in [7, 11) is 0. The fourth-order valence-electron chi connectivity index (χ4n) is 2.49. The van der Waals surface area contributed by atoms with Crippen LogP contribution >= 0.6 is 0 Å². The first kappa shape index (κ1) is 20.3. The fourth-order valence-corrected chi connectivity index (χ4v) is 2.49. The Bertz CT molecular complexity index is 524. The average Bonchev–Trinajstić information content (AvgIpc) is 2.60. The maximum atomic E-state index is 9.87. The van der Waals surface area contributed by atoms with Crippen LogP contribution < -0.4 is 0 Å². The van der Waals surface area contributed by atoms with Gasteiger partial charge in [-0.15, -0.1) is 11.8 Å². The second-order valence-corrected chi connectivity index (χ2v) is 6.31. The molecule has 1 aromatic rings. The summed E-state index contributed by atoms with van der Waals surface area (Å²) in [5, 5.41) is 9.87. The molecule has 0 aliphatic heterocycles. The zero-order chi connectivity index (χ0) is 17.3. The van der Waals surface area contributed by atoms with E-state index in [9.17, 15) is 5.11 Å². The molecule has 0 amide bonds. The number of aliphatic hydroxyl groups excluding tert-OH is 1. The van der Waals surface area contributed by atoms with Crippen molar-refractivity contribution in [2.75, 3.05) is 0 Å². The molecule has 1 unspecified atom stereocenters. The zero-order valence-corrected chi connectivity index (χ0v) is 15.2. The number of hydrogen-bond acceptors (Lipinski definition) is 1. The fraction of sp³-hybridized carbons (Fsp3) is 0.565. The van der Waals surface area contributed by atoms with Gasteiger partial charge in [-0.2, -0.15) is 0 Å². The summed E-state index contributed by atoms with van der Waals surface area (Å²) in [5.41, 5.74) is 0.991. The average molecular weight is 325 g/mol. The minimum Gasteiger partial charge on any atom is -0.391 e. The van der Waals surface area contributed by atoms with Gasteiger partial charge in [0.2, 0.25) is 0 Å². The minimum absolute atomic E-state index is 0.438. The van der Waals surface area contributed by atoms with Crippen LogP contribution in [0.5, 0.6) is 0 Å². The Balaban J connectivity index is 2.00. The Morgan fingerprint density at radius 2 is 1.42 bits per heavy atom. The molecule has 1 nitrogen and oxygen atoms in total. The first-order valence-corrected chi connectivity index (χ1v) is 9.50. The lowest BCUT2D eigenvalue weighted by molar-refractivity contribution is 0.186. The molecule has 130 valence electrons. The lowest BCUT2D eigenvalue weighted by Crippen LogP contribution is -2.02. The largest absolute Gasteiger partial charge is 0.391 e. The number of aliphatic hydroxyl groups is 1. The number of benzene rings is 1. The summed E-state index contributed by atoms with van der Waals surface area (Å²) < 4.78 is 0. The van der Waals surface area contributed by atoms with Crippen LogP contribution in [-0.4, -0.2) is 11.2 Å². The van der Waals surface area contributed by atoms with Gasteiger partial charge in [-0.1, -0.05) is 81.9 Å². The molecule has 0 spiro atoms. The standard InChI is InChI=1S/C23H32O/c1-2-3-4-5-6-7-8-9-10-11-15-20-23(24)21-16-19-22-17-13-12-14-18-22/h12-14,17-18,23-24H,2-10,20-21H2,1H3. The molecule has 0 aromatic heterocycles. The van der Waals surface area contributed by atoms with Gasteiger partial charge in [0.1, 0.15) is 0 Å². The highest BCUT2D eigenvalue weighted by molar-refractivity contribution is 5.33. The van der Waals surface area contributed by atoms with Crippen molar-refractivity contribution in [2.24, 2.45) is 0 Å². The third-order valence-electron chi connectivity index (χ3n) is 3.96. The monoisotopic (exact) mass is 324 g/mol. The van der Waals surface area contributed by atoms with E-state index in [0.29, 0.717) is 12.8 Å². The molecule has 0 bridgehead atoms. The van der Waals surface area contributed by atoms with Crippen LogP contribution in [0.4, 0.5) is 0 Å². The molecule has 0 aliphatic carbocycles. The van der Waals surface area contributed by atoms with Crippen molar-refractivity contribution in [2.45, 2.75) is 83.7 Å². The van der Waals surface area contributed by atoms with Crippen molar-refractivity contribution >= 4 is 0 Å². The van der Waals surface area contributed by atoms with E-state index in [0.717, 1.165) is 12.0 Å². The van der Waals surface area contributed by atoms with Gasteiger partial charge in [-0.3, -0.25) is 0 Å². The molecule has 0 saturated heterocycles. The highest BCUT2D eigenvalue weighted by atomic mass is 16.3. The van der Waals surface area contributed by atoms with Crippen molar-refractivity contribution in [3.63, 3.8) is 0 Å². The summed E-state index contributed by atoms with van der Waals surface area (Å²) in [6, 6.07) is 9.86. The lowest BCUT2D eigenvalue weighted by Gasteiger charge is -2.00. The quantitative estimate of drug-likeness (QED) is 0.431. The van der Waals surface area contributed by atoms with E-state index in [2.05, 4.69) is 30.6 Å². The SMILES string of the molecule is CCCCCCCCCCC#CCC(O)CC#Cc1ccccc1. The van der Waals surface area contributed by atoms with Crippen LogP contribution in [0.15, 0.2) is 30.3 Å². The van der Waals surface area contributed by atoms with Crippen LogP contribution in [-0.2, 0) is 0 Å². The Hall–Kier alpha value is -1.70. The zero-order valence-electron chi connectivity index (χ0n) is 15.2. The maximum absolute atomic E-state index is 9.87. The van der Waals surface area contributed by atoms with Crippen LogP contribution in [0.1, 0.15) is 83.1 Å². The van der Waals surface area contributed by atoms with E-state index in [4.69, 9.17) is 0 Å². The first-order chi connectivity index (χ1) is 11.8. The third-order valence-corrected chi connectivity index (χ3v) is 3.96. The summed E-state index contributed by atoms with van der Waals surface area (Å²) in [5.74, 6) is 12.3. The first-order valence-electron chi connectivity index (χ1n) is 9.50. The molecule has 0 fully saturated rings. The van der Waals surface area contributed by atoms with Crippen LogP contribution in [0.25, 0.3) is 0 Å². The van der Waals surface area contributed by atoms with Gasteiger partial charge < -0.3 is 5.11 Å². The second-order valence-electron chi connectivity index (χ2n) is 6.31. The predicted octanol–water partition coefficient (Wildman–Crippen LogP) is 5.71. The van der Waals surface area contributed by atoms with Crippen molar-refractivity contribution in [3.8, 4) is 23.7 Å². The van der Waals surface area contributed by atoms with Gasteiger partial charge in [0.15, 0.2) is 0 Å². The molecule has 1 rings (SSSR count). The van der Waals surface area contributed by atoms with E-state index in [1.807, 2.05) is 30.3 Å². The third kappa shape index (κ3) is 11.8. The van der Waals surface area contributed by atoms with Gasteiger partial charge in [0.25, 0.3) is 0 Å². The van der Waals surface area contributed by atoms with Crippen molar-refractivity contribution in [1.29, 1.82) is 0 Å². The molecule has 0 saturated carbocycles. The molecule has 1 atom stereocenters. The molecule has 0 heterocycles. The normalized spacial score (nSPS) is 11.1. The highest BCUT2D eigenvalue weighted by Gasteiger charge is 1.98. The summed E-state index contributed by atoms with van der Waals surface area (Å²) >= 11 is 0. The van der Waals surface area contributed by atoms with E-state index in [1.165, 1.54) is 51.4 Å². The van der Waals surface area contributed by atoms with E-state index >= 15 is 0 Å². The molecule has 0 aliphatic rings. The van der Waals surface area contributed by atoms with Gasteiger partial charge in [0, 0.05) is 24.8 Å².